The highest BCUT2D eigenvalue weighted by atomic mass is 16.5. The van der Waals surface area contributed by atoms with Crippen molar-refractivity contribution in [1.29, 1.82) is 0 Å². The van der Waals surface area contributed by atoms with E-state index < -0.39 is 24.3 Å². The summed E-state index contributed by atoms with van der Waals surface area (Å²) in [5.74, 6) is -1.98. The van der Waals surface area contributed by atoms with Crippen LogP contribution in [0, 0.1) is 0 Å². The number of amides is 2. The van der Waals surface area contributed by atoms with Crippen molar-refractivity contribution in [2.75, 3.05) is 19.7 Å². The Hall–Kier alpha value is -3.36. The van der Waals surface area contributed by atoms with Crippen molar-refractivity contribution in [3.8, 4) is 5.75 Å². The Morgan fingerprint density at radius 3 is 2.59 bits per heavy atom. The van der Waals surface area contributed by atoms with E-state index in [1.165, 1.54) is 0 Å². The molecule has 9 heteroatoms. The summed E-state index contributed by atoms with van der Waals surface area (Å²) in [4.78, 5) is 45.4. The maximum atomic E-state index is 12.0. The van der Waals surface area contributed by atoms with E-state index >= 15 is 0 Å². The fraction of sp³-hybridized carbons (Fsp3) is 0.333. The van der Waals surface area contributed by atoms with Crippen molar-refractivity contribution in [3.05, 3.63) is 39.7 Å². The number of carboxylic acids is 1. The van der Waals surface area contributed by atoms with Crippen LogP contribution in [0.4, 0.5) is 0 Å². The number of rotatable bonds is 7. The van der Waals surface area contributed by atoms with E-state index in [2.05, 4.69) is 10.6 Å². The Bertz CT molecular complexity index is 964. The second-order valence-electron chi connectivity index (χ2n) is 6.09. The molecular formula is C18H18N2O7. The van der Waals surface area contributed by atoms with Crippen LogP contribution in [0.2, 0.25) is 0 Å². The highest BCUT2D eigenvalue weighted by Crippen LogP contribution is 2.29. The van der Waals surface area contributed by atoms with Gasteiger partial charge in [0.1, 0.15) is 17.9 Å². The zero-order valence-electron chi connectivity index (χ0n) is 14.4. The third kappa shape index (κ3) is 4.43. The second kappa shape index (κ2) is 7.90. The van der Waals surface area contributed by atoms with Crippen LogP contribution in [0.3, 0.4) is 0 Å². The zero-order chi connectivity index (χ0) is 19.4. The summed E-state index contributed by atoms with van der Waals surface area (Å²) < 4.78 is 10.7. The second-order valence-corrected chi connectivity index (χ2v) is 6.09. The van der Waals surface area contributed by atoms with E-state index in [0.717, 1.165) is 35.8 Å². The maximum absolute atomic E-state index is 12.0. The van der Waals surface area contributed by atoms with Gasteiger partial charge < -0.3 is 24.9 Å². The molecule has 0 radical (unpaired) electrons. The van der Waals surface area contributed by atoms with Crippen LogP contribution in [-0.2, 0) is 27.2 Å². The van der Waals surface area contributed by atoms with Gasteiger partial charge in [-0.05, 0) is 37.0 Å². The molecule has 1 aromatic carbocycles. The molecule has 3 rings (SSSR count). The van der Waals surface area contributed by atoms with Gasteiger partial charge in [0.25, 0.3) is 5.91 Å². The minimum Gasteiger partial charge on any atom is -0.484 e. The van der Waals surface area contributed by atoms with Crippen LogP contribution in [0.25, 0.3) is 11.0 Å². The van der Waals surface area contributed by atoms with Gasteiger partial charge in [-0.2, -0.15) is 0 Å². The number of fused-ring (bicyclic) bond motifs is 3. The van der Waals surface area contributed by atoms with E-state index in [0.29, 0.717) is 11.3 Å². The number of aliphatic carboxylic acids is 1. The van der Waals surface area contributed by atoms with Crippen molar-refractivity contribution >= 4 is 28.8 Å². The maximum Gasteiger partial charge on any atom is 0.339 e. The van der Waals surface area contributed by atoms with Crippen LogP contribution >= 0.6 is 0 Å². The molecule has 0 aliphatic heterocycles. The lowest BCUT2D eigenvalue weighted by atomic mass is 10.1. The van der Waals surface area contributed by atoms with E-state index in [1.54, 1.807) is 18.2 Å². The highest BCUT2D eigenvalue weighted by Gasteiger charge is 2.19. The predicted octanol–water partition coefficient (Wildman–Crippen LogP) is -0.0225. The van der Waals surface area contributed by atoms with Gasteiger partial charge in [-0.3, -0.25) is 14.4 Å². The Morgan fingerprint density at radius 2 is 1.81 bits per heavy atom. The number of hydrogen-bond acceptors (Lipinski definition) is 6. The first-order valence-corrected chi connectivity index (χ1v) is 8.40. The molecule has 0 unspecified atom stereocenters. The standard InChI is InChI=1S/C18H18N2O7/c21-15(20-8-17(23)24)7-19-16(22)9-26-10-4-5-12-11-2-1-3-13(11)18(25)27-14(12)6-10/h4-6H,1-3,7-9H2,(H,19,22)(H,20,21)(H,23,24). The minimum absolute atomic E-state index is 0.336. The van der Waals surface area contributed by atoms with Crippen LogP contribution in [0.5, 0.6) is 5.75 Å². The van der Waals surface area contributed by atoms with Crippen molar-refractivity contribution in [3.63, 3.8) is 0 Å². The summed E-state index contributed by atoms with van der Waals surface area (Å²) in [7, 11) is 0. The summed E-state index contributed by atoms with van der Waals surface area (Å²) in [6.07, 6.45) is 2.49. The van der Waals surface area contributed by atoms with Crippen molar-refractivity contribution in [1.82, 2.24) is 10.6 Å². The molecule has 0 saturated carbocycles. The third-order valence-corrected chi connectivity index (χ3v) is 4.20. The molecule has 3 N–H and O–H groups in total. The molecular weight excluding hydrogens is 356 g/mol. The van der Waals surface area contributed by atoms with Crippen LogP contribution in [-0.4, -0.2) is 42.6 Å². The smallest absolute Gasteiger partial charge is 0.339 e. The number of carbonyl (C=O) groups excluding carboxylic acids is 2. The molecule has 1 aliphatic rings. The average Bonchev–Trinajstić information content (AvgIpc) is 3.13. The topological polar surface area (TPSA) is 135 Å². The van der Waals surface area contributed by atoms with Gasteiger partial charge >= 0.3 is 11.6 Å². The molecule has 2 amide bonds. The monoisotopic (exact) mass is 374 g/mol. The molecule has 9 nitrogen and oxygen atoms in total. The predicted molar refractivity (Wildman–Crippen MR) is 93.7 cm³/mol. The lowest BCUT2D eigenvalue weighted by Gasteiger charge is -2.09. The lowest BCUT2D eigenvalue weighted by molar-refractivity contribution is -0.137. The molecule has 0 bridgehead atoms. The normalized spacial score (nSPS) is 12.4. The van der Waals surface area contributed by atoms with Crippen LogP contribution < -0.4 is 21.0 Å². The van der Waals surface area contributed by atoms with Crippen molar-refractivity contribution in [2.45, 2.75) is 19.3 Å². The number of nitrogens with one attached hydrogen (secondary N) is 2. The molecule has 0 saturated heterocycles. The first-order valence-electron chi connectivity index (χ1n) is 8.40. The Kier molecular flexibility index (Phi) is 5.39. The summed E-state index contributed by atoms with van der Waals surface area (Å²) in [6.45, 7) is -1.21. The highest BCUT2D eigenvalue weighted by molar-refractivity contribution is 5.87. The SMILES string of the molecule is O=C(O)CNC(=O)CNC(=O)COc1ccc2c3c(c(=O)oc2c1)CCC3. The molecule has 0 spiro atoms. The van der Waals surface area contributed by atoms with Gasteiger partial charge in [-0.1, -0.05) is 0 Å². The Balaban J connectivity index is 1.57. The molecule has 0 fully saturated rings. The largest absolute Gasteiger partial charge is 0.484 e. The average molecular weight is 374 g/mol. The van der Waals surface area contributed by atoms with Gasteiger partial charge in [0, 0.05) is 17.0 Å². The summed E-state index contributed by atoms with van der Waals surface area (Å²) in [6, 6.07) is 5.05. The lowest BCUT2D eigenvalue weighted by Crippen LogP contribution is -2.40. The minimum atomic E-state index is -1.17. The molecule has 1 aliphatic carbocycles. The summed E-state index contributed by atoms with van der Waals surface area (Å²) >= 11 is 0. The van der Waals surface area contributed by atoms with Crippen molar-refractivity contribution in [2.24, 2.45) is 0 Å². The molecule has 1 aromatic heterocycles. The van der Waals surface area contributed by atoms with Gasteiger partial charge in [0.2, 0.25) is 5.91 Å². The number of carbonyl (C=O) groups is 3. The van der Waals surface area contributed by atoms with Crippen LogP contribution in [0.15, 0.2) is 27.4 Å². The molecule has 2 aromatic rings. The van der Waals surface area contributed by atoms with E-state index in [-0.39, 0.29) is 18.8 Å². The quantitative estimate of drug-likeness (QED) is 0.580. The van der Waals surface area contributed by atoms with Gasteiger partial charge in [0.05, 0.1) is 6.54 Å². The number of hydrogen-bond donors (Lipinski definition) is 3. The zero-order valence-corrected chi connectivity index (χ0v) is 14.4. The summed E-state index contributed by atoms with van der Waals surface area (Å²) in [5, 5.41) is 13.7. The van der Waals surface area contributed by atoms with E-state index in [4.69, 9.17) is 14.3 Å². The Labute approximate surface area is 153 Å². The molecule has 27 heavy (non-hydrogen) atoms. The van der Waals surface area contributed by atoms with Gasteiger partial charge in [0.15, 0.2) is 6.61 Å². The molecule has 142 valence electrons. The molecule has 1 heterocycles. The number of ether oxygens (including phenoxy) is 1. The third-order valence-electron chi connectivity index (χ3n) is 4.20. The Morgan fingerprint density at radius 1 is 1.07 bits per heavy atom. The first-order chi connectivity index (χ1) is 12.9. The first kappa shape index (κ1) is 18.4. The fourth-order valence-corrected chi connectivity index (χ4v) is 2.97. The van der Waals surface area contributed by atoms with E-state index in [9.17, 15) is 19.2 Å². The summed E-state index contributed by atoms with van der Waals surface area (Å²) in [5.41, 5.74) is 1.82. The van der Waals surface area contributed by atoms with Gasteiger partial charge in [-0.15, -0.1) is 0 Å². The number of benzene rings is 1. The molecule has 0 atom stereocenters. The van der Waals surface area contributed by atoms with Crippen LogP contribution in [0.1, 0.15) is 17.5 Å². The number of aryl methyl sites for hydroxylation is 1. The van der Waals surface area contributed by atoms with Gasteiger partial charge in [-0.25, -0.2) is 4.79 Å². The fourth-order valence-electron chi connectivity index (χ4n) is 2.97. The van der Waals surface area contributed by atoms with E-state index in [1.807, 2.05) is 0 Å². The number of carboxylic acid groups (broad SMARTS) is 1. The van der Waals surface area contributed by atoms with Crippen molar-refractivity contribution < 1.29 is 28.6 Å².